The van der Waals surface area contributed by atoms with Crippen molar-refractivity contribution in [2.75, 3.05) is 0 Å². The Morgan fingerprint density at radius 2 is 1.37 bits per heavy atom. The van der Waals surface area contributed by atoms with Crippen molar-refractivity contribution in [1.82, 2.24) is 40.9 Å². The quantitative estimate of drug-likeness (QED) is 0.0810. The number of carboxylic acids is 2. The Morgan fingerprint density at radius 1 is 0.767 bits per heavy atom. The third-order valence-electron chi connectivity index (χ3n) is 6.67. The van der Waals surface area contributed by atoms with Crippen molar-refractivity contribution in [1.29, 1.82) is 0 Å². The number of carbonyl (C=O) groups is 5. The number of nitrogens with zero attached hydrogens (tertiary/aromatic N) is 2. The Balaban J connectivity index is 1.54. The van der Waals surface area contributed by atoms with Crippen molar-refractivity contribution < 1.29 is 34.2 Å². The summed E-state index contributed by atoms with van der Waals surface area (Å²) in [7, 11) is 0. The Bertz CT molecular complexity index is 1570. The number of fused-ring (bicyclic) bond motifs is 1. The van der Waals surface area contributed by atoms with Gasteiger partial charge in [-0.1, -0.05) is 18.2 Å². The maximum Gasteiger partial charge on any atom is 0.326 e. The van der Waals surface area contributed by atoms with E-state index in [1.165, 1.54) is 25.0 Å². The highest BCUT2D eigenvalue weighted by Gasteiger charge is 2.32. The highest BCUT2D eigenvalue weighted by atomic mass is 16.4. The second-order valence-corrected chi connectivity index (χ2v) is 9.85. The average Bonchev–Trinajstić information content (AvgIpc) is 3.75. The van der Waals surface area contributed by atoms with Crippen LogP contribution in [0.2, 0.25) is 0 Å². The summed E-state index contributed by atoms with van der Waals surface area (Å²) in [6.07, 6.45) is 6.38. The van der Waals surface area contributed by atoms with Gasteiger partial charge in [0.05, 0.1) is 25.1 Å². The van der Waals surface area contributed by atoms with E-state index in [0.29, 0.717) is 17.0 Å². The van der Waals surface area contributed by atoms with Crippen LogP contribution in [0.1, 0.15) is 23.4 Å². The molecule has 16 heteroatoms. The third-order valence-corrected chi connectivity index (χ3v) is 6.67. The smallest absolute Gasteiger partial charge is 0.326 e. The predicted molar refractivity (Wildman–Crippen MR) is 150 cm³/mol. The first kappa shape index (κ1) is 30.4. The second kappa shape index (κ2) is 13.9. The van der Waals surface area contributed by atoms with Crippen LogP contribution in [-0.2, 0) is 43.2 Å². The van der Waals surface area contributed by atoms with Gasteiger partial charge in [-0.25, -0.2) is 14.8 Å². The van der Waals surface area contributed by atoms with Crippen molar-refractivity contribution in [3.63, 3.8) is 0 Å². The lowest BCUT2D eigenvalue weighted by molar-refractivity contribution is -0.143. The highest BCUT2D eigenvalue weighted by Crippen LogP contribution is 2.19. The van der Waals surface area contributed by atoms with E-state index in [0.717, 1.165) is 10.9 Å². The molecule has 0 fully saturated rings. The first-order valence-corrected chi connectivity index (χ1v) is 13.2. The molecular weight excluding hydrogens is 562 g/mol. The Kier molecular flexibility index (Phi) is 9.85. The number of imidazole rings is 2. The van der Waals surface area contributed by atoms with Gasteiger partial charge < -0.3 is 46.8 Å². The number of hydrogen-bond donors (Lipinski definition) is 9. The zero-order chi connectivity index (χ0) is 30.9. The van der Waals surface area contributed by atoms with Crippen molar-refractivity contribution in [3.05, 3.63) is 72.5 Å². The van der Waals surface area contributed by atoms with Crippen LogP contribution in [0.3, 0.4) is 0 Å². The van der Waals surface area contributed by atoms with Crippen LogP contribution in [0.4, 0.5) is 0 Å². The normalized spacial score (nSPS) is 13.9. The standard InChI is InChI=1S/C27H31N9O7/c28-18(6-15-10-29-12-32-15)24(39)34-21(8-23(37)38)26(41)35-20(5-14-9-31-19-4-2-1-3-17(14)19)25(40)36-22(27(42)43)7-16-11-30-13-33-16/h1-4,9-13,18,20-22,31H,5-8,28H2,(H,29,32)(H,30,33)(H,34,39)(H,35,41)(H,36,40)(H,37,38)(H,42,43). The number of rotatable bonds is 15. The number of hydrogen-bond acceptors (Lipinski definition) is 8. The minimum absolute atomic E-state index is 0.0474. The number of carbonyl (C=O) groups excluding carboxylic acids is 3. The van der Waals surface area contributed by atoms with E-state index < -0.39 is 60.2 Å². The lowest BCUT2D eigenvalue weighted by atomic mass is 10.0. The van der Waals surface area contributed by atoms with Gasteiger partial charge in [-0.05, 0) is 11.6 Å². The molecule has 10 N–H and O–H groups in total. The largest absolute Gasteiger partial charge is 0.481 e. The van der Waals surface area contributed by atoms with Gasteiger partial charge in [0.15, 0.2) is 0 Å². The molecule has 3 amide bonds. The molecular formula is C27H31N9O7. The number of aromatic nitrogens is 5. The van der Waals surface area contributed by atoms with Crippen molar-refractivity contribution >= 4 is 40.6 Å². The monoisotopic (exact) mass is 593 g/mol. The molecule has 4 unspecified atom stereocenters. The van der Waals surface area contributed by atoms with Gasteiger partial charge in [0.2, 0.25) is 17.7 Å². The van der Waals surface area contributed by atoms with E-state index in [9.17, 15) is 34.2 Å². The van der Waals surface area contributed by atoms with Gasteiger partial charge in [0.1, 0.15) is 18.1 Å². The number of aliphatic carboxylic acids is 2. The Labute approximate surface area is 243 Å². The topological polar surface area (TPSA) is 261 Å². The molecule has 43 heavy (non-hydrogen) atoms. The SMILES string of the molecule is NC(Cc1cnc[nH]1)C(=O)NC(CC(=O)O)C(=O)NC(Cc1c[nH]c2ccccc12)C(=O)NC(Cc1cnc[nH]1)C(=O)O. The fraction of sp³-hybridized carbons (Fsp3) is 0.296. The van der Waals surface area contributed by atoms with Crippen molar-refractivity contribution in [2.24, 2.45) is 5.73 Å². The van der Waals surface area contributed by atoms with E-state index >= 15 is 0 Å². The van der Waals surface area contributed by atoms with E-state index in [2.05, 4.69) is 40.9 Å². The minimum atomic E-state index is -1.59. The van der Waals surface area contributed by atoms with Crippen LogP contribution in [0.15, 0.2) is 55.5 Å². The molecule has 0 spiro atoms. The first-order chi connectivity index (χ1) is 20.6. The van der Waals surface area contributed by atoms with E-state index in [1.807, 2.05) is 18.2 Å². The summed E-state index contributed by atoms with van der Waals surface area (Å²) in [6, 6.07) is 1.81. The lowest BCUT2D eigenvalue weighted by Gasteiger charge is -2.24. The molecule has 3 heterocycles. The lowest BCUT2D eigenvalue weighted by Crippen LogP contribution is -2.58. The summed E-state index contributed by atoms with van der Waals surface area (Å²) in [5.74, 6) is -5.29. The van der Waals surface area contributed by atoms with Crippen LogP contribution in [-0.4, -0.2) is 89.0 Å². The molecule has 0 saturated heterocycles. The van der Waals surface area contributed by atoms with Gasteiger partial charge in [-0.3, -0.25) is 19.2 Å². The molecule has 0 radical (unpaired) electrons. The molecule has 4 aromatic rings. The maximum atomic E-state index is 13.5. The number of benzene rings is 1. The van der Waals surface area contributed by atoms with Crippen LogP contribution in [0.5, 0.6) is 0 Å². The van der Waals surface area contributed by atoms with Gasteiger partial charge in [-0.15, -0.1) is 0 Å². The highest BCUT2D eigenvalue weighted by molar-refractivity contribution is 5.96. The number of nitrogens with one attached hydrogen (secondary N) is 6. The van der Waals surface area contributed by atoms with E-state index in [1.54, 1.807) is 12.3 Å². The second-order valence-electron chi connectivity index (χ2n) is 9.85. The zero-order valence-electron chi connectivity index (χ0n) is 22.7. The molecule has 0 bridgehead atoms. The zero-order valence-corrected chi connectivity index (χ0v) is 22.7. The number of H-pyrrole nitrogens is 3. The summed E-state index contributed by atoms with van der Waals surface area (Å²) in [4.78, 5) is 79.5. The van der Waals surface area contributed by atoms with Gasteiger partial charge in [0, 0.05) is 60.1 Å². The van der Waals surface area contributed by atoms with Crippen LogP contribution < -0.4 is 21.7 Å². The molecule has 3 aromatic heterocycles. The molecule has 4 rings (SSSR count). The number of para-hydroxylation sites is 1. The molecule has 16 nitrogen and oxygen atoms in total. The van der Waals surface area contributed by atoms with E-state index in [4.69, 9.17) is 5.73 Å². The molecule has 0 saturated carbocycles. The molecule has 0 aliphatic carbocycles. The van der Waals surface area contributed by atoms with Crippen molar-refractivity contribution in [3.8, 4) is 0 Å². The molecule has 4 atom stereocenters. The number of nitrogens with two attached hydrogens (primary N) is 1. The minimum Gasteiger partial charge on any atom is -0.481 e. The van der Waals surface area contributed by atoms with Crippen molar-refractivity contribution in [2.45, 2.75) is 49.9 Å². The first-order valence-electron chi connectivity index (χ1n) is 13.2. The fourth-order valence-electron chi connectivity index (χ4n) is 4.48. The van der Waals surface area contributed by atoms with Crippen LogP contribution in [0, 0.1) is 0 Å². The Morgan fingerprint density at radius 3 is 2.00 bits per heavy atom. The summed E-state index contributed by atoms with van der Waals surface area (Å²) in [5.41, 5.74) is 8.37. The maximum absolute atomic E-state index is 13.5. The Hall–Kier alpha value is -5.51. The summed E-state index contributed by atoms with van der Waals surface area (Å²) < 4.78 is 0. The number of carboxylic acid groups (broad SMARTS) is 2. The molecule has 226 valence electrons. The average molecular weight is 594 g/mol. The van der Waals surface area contributed by atoms with Gasteiger partial charge >= 0.3 is 11.9 Å². The van der Waals surface area contributed by atoms with Gasteiger partial charge in [-0.2, -0.15) is 0 Å². The molecule has 1 aromatic carbocycles. The van der Waals surface area contributed by atoms with Gasteiger partial charge in [0.25, 0.3) is 0 Å². The summed E-state index contributed by atoms with van der Waals surface area (Å²) in [5, 5.41) is 27.2. The summed E-state index contributed by atoms with van der Waals surface area (Å²) >= 11 is 0. The molecule has 0 aliphatic rings. The van der Waals surface area contributed by atoms with E-state index in [-0.39, 0.29) is 19.3 Å². The van der Waals surface area contributed by atoms with Crippen LogP contribution in [0.25, 0.3) is 10.9 Å². The molecule has 0 aliphatic heterocycles. The summed E-state index contributed by atoms with van der Waals surface area (Å²) in [6.45, 7) is 0. The third kappa shape index (κ3) is 8.26. The predicted octanol–water partition coefficient (Wildman–Crippen LogP) is -1.02. The number of amides is 3. The number of aromatic amines is 3. The fourth-order valence-corrected chi connectivity index (χ4v) is 4.48. The van der Waals surface area contributed by atoms with Crippen LogP contribution >= 0.6 is 0 Å².